The van der Waals surface area contributed by atoms with E-state index in [-0.39, 0.29) is 31.1 Å². The van der Waals surface area contributed by atoms with Gasteiger partial charge in [-0.25, -0.2) is 0 Å². The first-order valence-corrected chi connectivity index (χ1v) is 27.5. The number of ether oxygens (including phenoxy) is 3. The Hall–Kier alpha value is -1.59. The van der Waals surface area contributed by atoms with Crippen LogP contribution in [0.2, 0.25) is 0 Å². The van der Waals surface area contributed by atoms with E-state index in [9.17, 15) is 14.4 Å². The first-order valence-electron chi connectivity index (χ1n) is 27.5. The van der Waals surface area contributed by atoms with Crippen LogP contribution in [0.5, 0.6) is 0 Å². The number of unbranched alkanes of at least 4 members (excludes halogenated alkanes) is 40. The van der Waals surface area contributed by atoms with Crippen LogP contribution < -0.4 is 0 Å². The molecule has 0 N–H and O–H groups in total. The van der Waals surface area contributed by atoms with Crippen molar-refractivity contribution in [1.29, 1.82) is 0 Å². The molecular weight excluding hydrogens is 757 g/mol. The summed E-state index contributed by atoms with van der Waals surface area (Å²) in [5.74, 6) is -0.839. The van der Waals surface area contributed by atoms with E-state index >= 15 is 0 Å². The Morgan fingerprint density at radius 2 is 0.443 bits per heavy atom. The maximum atomic E-state index is 12.8. The maximum Gasteiger partial charge on any atom is 0.306 e. The highest BCUT2D eigenvalue weighted by Gasteiger charge is 2.19. The van der Waals surface area contributed by atoms with Crippen molar-refractivity contribution in [1.82, 2.24) is 0 Å². The van der Waals surface area contributed by atoms with Crippen molar-refractivity contribution in [3.05, 3.63) is 0 Å². The van der Waals surface area contributed by atoms with Crippen LogP contribution >= 0.6 is 0 Å². The summed E-state index contributed by atoms with van der Waals surface area (Å²) in [6.07, 6.45) is 55.2. The summed E-state index contributed by atoms with van der Waals surface area (Å²) < 4.78 is 16.8. The average Bonchev–Trinajstić information content (AvgIpc) is 3.26. The molecule has 1 unspecified atom stereocenters. The second kappa shape index (κ2) is 51.0. The highest BCUT2D eigenvalue weighted by atomic mass is 16.6. The molecule has 0 saturated carbocycles. The first kappa shape index (κ1) is 59.4. The molecule has 0 heterocycles. The molecule has 0 rings (SSSR count). The van der Waals surface area contributed by atoms with Gasteiger partial charge in [0.1, 0.15) is 13.2 Å². The number of hydrogen-bond acceptors (Lipinski definition) is 6. The Labute approximate surface area is 380 Å². The van der Waals surface area contributed by atoms with Crippen molar-refractivity contribution in [2.24, 2.45) is 0 Å². The number of carbonyl (C=O) groups is 3. The van der Waals surface area contributed by atoms with Crippen molar-refractivity contribution in [3.63, 3.8) is 0 Å². The molecule has 0 aliphatic carbocycles. The zero-order valence-electron chi connectivity index (χ0n) is 41.5. The Kier molecular flexibility index (Phi) is 49.7. The lowest BCUT2D eigenvalue weighted by atomic mass is 10.0. The molecule has 0 aliphatic heterocycles. The molecule has 0 aromatic heterocycles. The molecule has 0 aliphatic rings. The van der Waals surface area contributed by atoms with E-state index in [0.717, 1.165) is 57.8 Å². The molecule has 0 spiro atoms. The van der Waals surface area contributed by atoms with Gasteiger partial charge in [-0.1, -0.05) is 278 Å². The van der Waals surface area contributed by atoms with Crippen molar-refractivity contribution < 1.29 is 28.6 Å². The lowest BCUT2D eigenvalue weighted by molar-refractivity contribution is -0.167. The third-order valence-electron chi connectivity index (χ3n) is 12.6. The molecule has 0 amide bonds. The molecule has 0 bridgehead atoms. The van der Waals surface area contributed by atoms with Crippen molar-refractivity contribution in [3.8, 4) is 0 Å². The highest BCUT2D eigenvalue weighted by molar-refractivity contribution is 5.71. The van der Waals surface area contributed by atoms with Gasteiger partial charge in [0, 0.05) is 19.3 Å². The number of rotatable bonds is 51. The molecule has 362 valence electrons. The van der Waals surface area contributed by atoms with Gasteiger partial charge in [-0.15, -0.1) is 0 Å². The van der Waals surface area contributed by atoms with E-state index in [1.54, 1.807) is 0 Å². The van der Waals surface area contributed by atoms with Crippen molar-refractivity contribution in [2.75, 3.05) is 13.2 Å². The normalized spacial score (nSPS) is 11.9. The summed E-state index contributed by atoms with van der Waals surface area (Å²) in [6, 6.07) is 0. The van der Waals surface area contributed by atoms with Crippen LogP contribution in [0.3, 0.4) is 0 Å². The fourth-order valence-electron chi connectivity index (χ4n) is 8.45. The fourth-order valence-corrected chi connectivity index (χ4v) is 8.45. The first-order chi connectivity index (χ1) is 30.0. The fraction of sp³-hybridized carbons (Fsp3) is 0.945. The maximum absolute atomic E-state index is 12.8. The quantitative estimate of drug-likeness (QED) is 0.0344. The molecule has 6 nitrogen and oxygen atoms in total. The molecule has 0 aromatic carbocycles. The van der Waals surface area contributed by atoms with Crippen molar-refractivity contribution >= 4 is 17.9 Å². The third kappa shape index (κ3) is 49.3. The van der Waals surface area contributed by atoms with E-state index < -0.39 is 6.10 Å². The standard InChI is InChI=1S/C55H106O6/c1-4-7-10-13-16-19-22-24-25-26-27-28-29-30-32-33-36-39-42-45-48-54(57)60-51-52(50-59-53(56)47-44-41-38-35-21-18-15-12-9-6-3)61-55(58)49-46-43-40-37-34-31-23-20-17-14-11-8-5-2/h52H,4-51H2,1-3H3. The van der Waals surface area contributed by atoms with E-state index in [2.05, 4.69) is 20.8 Å². The molecule has 0 fully saturated rings. The summed E-state index contributed by atoms with van der Waals surface area (Å²) in [5, 5.41) is 0. The molecule has 0 saturated heterocycles. The lowest BCUT2D eigenvalue weighted by Gasteiger charge is -2.18. The summed E-state index contributed by atoms with van der Waals surface area (Å²) in [6.45, 7) is 6.68. The van der Waals surface area contributed by atoms with Gasteiger partial charge in [-0.05, 0) is 19.3 Å². The van der Waals surface area contributed by atoms with Crippen molar-refractivity contribution in [2.45, 2.75) is 322 Å². The second-order valence-electron chi connectivity index (χ2n) is 18.9. The number of carbonyl (C=O) groups excluding carboxylic acids is 3. The molecular formula is C55H106O6. The number of hydrogen-bond donors (Lipinski definition) is 0. The van der Waals surface area contributed by atoms with Crippen LogP contribution in [0.15, 0.2) is 0 Å². The number of esters is 3. The Bertz CT molecular complexity index is 905. The zero-order chi connectivity index (χ0) is 44.4. The molecule has 61 heavy (non-hydrogen) atoms. The van der Waals surface area contributed by atoms with Crippen LogP contribution in [0, 0.1) is 0 Å². The van der Waals surface area contributed by atoms with Crippen LogP contribution in [0.25, 0.3) is 0 Å². The summed E-state index contributed by atoms with van der Waals surface area (Å²) in [5.41, 5.74) is 0. The van der Waals surface area contributed by atoms with Crippen LogP contribution in [-0.4, -0.2) is 37.2 Å². The second-order valence-corrected chi connectivity index (χ2v) is 18.9. The topological polar surface area (TPSA) is 78.9 Å². The molecule has 0 radical (unpaired) electrons. The van der Waals surface area contributed by atoms with Gasteiger partial charge in [0.2, 0.25) is 0 Å². The van der Waals surface area contributed by atoms with Gasteiger partial charge in [-0.2, -0.15) is 0 Å². The Morgan fingerprint density at radius 1 is 0.262 bits per heavy atom. The predicted molar refractivity (Wildman–Crippen MR) is 261 cm³/mol. The largest absolute Gasteiger partial charge is 0.462 e. The SMILES string of the molecule is CCCCCCCCCCCCCCCCCCCCCCC(=O)OCC(COC(=O)CCCCCCCCCCCC)OC(=O)CCCCCCCCCCCCCCC. The zero-order valence-corrected chi connectivity index (χ0v) is 41.5. The van der Waals surface area contributed by atoms with Crippen LogP contribution in [0.4, 0.5) is 0 Å². The van der Waals surface area contributed by atoms with Gasteiger partial charge >= 0.3 is 17.9 Å². The van der Waals surface area contributed by atoms with Crippen LogP contribution in [-0.2, 0) is 28.6 Å². The van der Waals surface area contributed by atoms with Gasteiger partial charge < -0.3 is 14.2 Å². The van der Waals surface area contributed by atoms with E-state index in [0.29, 0.717) is 19.3 Å². The van der Waals surface area contributed by atoms with Gasteiger partial charge in [0.15, 0.2) is 6.10 Å². The molecule has 0 aromatic rings. The Balaban J connectivity index is 4.20. The monoisotopic (exact) mass is 863 g/mol. The molecule has 1 atom stereocenters. The minimum absolute atomic E-state index is 0.0616. The summed E-state index contributed by atoms with van der Waals surface area (Å²) in [7, 11) is 0. The predicted octanol–water partition coefficient (Wildman–Crippen LogP) is 18.0. The third-order valence-corrected chi connectivity index (χ3v) is 12.6. The summed E-state index contributed by atoms with van der Waals surface area (Å²) >= 11 is 0. The molecule has 6 heteroatoms. The Morgan fingerprint density at radius 3 is 0.656 bits per heavy atom. The average molecular weight is 863 g/mol. The summed E-state index contributed by atoms with van der Waals surface area (Å²) in [4.78, 5) is 37.9. The minimum Gasteiger partial charge on any atom is -0.462 e. The van der Waals surface area contributed by atoms with Gasteiger partial charge in [0.05, 0.1) is 0 Å². The lowest BCUT2D eigenvalue weighted by Crippen LogP contribution is -2.30. The van der Waals surface area contributed by atoms with E-state index in [1.807, 2.05) is 0 Å². The minimum atomic E-state index is -0.759. The van der Waals surface area contributed by atoms with Gasteiger partial charge in [0.25, 0.3) is 0 Å². The van der Waals surface area contributed by atoms with Crippen LogP contribution in [0.1, 0.15) is 316 Å². The highest BCUT2D eigenvalue weighted by Crippen LogP contribution is 2.17. The smallest absolute Gasteiger partial charge is 0.306 e. The van der Waals surface area contributed by atoms with Gasteiger partial charge in [-0.3, -0.25) is 14.4 Å². The van der Waals surface area contributed by atoms with E-state index in [1.165, 1.54) is 218 Å². The van der Waals surface area contributed by atoms with E-state index in [4.69, 9.17) is 14.2 Å².